The quantitative estimate of drug-likeness (QED) is 0.484. The number of halogens is 3. The number of carbonyl (C=O) groups is 1. The Kier molecular flexibility index (Phi) is 4.72. The van der Waals surface area contributed by atoms with Gasteiger partial charge < -0.3 is 4.90 Å². The van der Waals surface area contributed by atoms with E-state index in [4.69, 9.17) is 0 Å². The maximum absolute atomic E-state index is 12.9. The van der Waals surface area contributed by atoms with Crippen molar-refractivity contribution in [2.45, 2.75) is 19.0 Å². The van der Waals surface area contributed by atoms with Gasteiger partial charge in [-0.15, -0.1) is 0 Å². The fraction of sp³-hybridized carbons (Fsp3) is 0.400. The molecule has 0 spiro atoms. The van der Waals surface area contributed by atoms with Crippen molar-refractivity contribution in [2.75, 3.05) is 13.1 Å². The lowest BCUT2D eigenvalue weighted by molar-refractivity contribution is -0.388. The normalized spacial score (nSPS) is 18.0. The fourth-order valence-electron chi connectivity index (χ4n) is 2.84. The molecule has 1 aromatic rings. The van der Waals surface area contributed by atoms with Gasteiger partial charge in [0.05, 0.1) is 4.92 Å². The Morgan fingerprint density at radius 3 is 2.74 bits per heavy atom. The number of amides is 1. The third kappa shape index (κ3) is 3.69. The zero-order chi connectivity index (χ0) is 17.2. The Bertz CT molecular complexity index is 643. The molecule has 2 rings (SSSR count). The summed E-state index contributed by atoms with van der Waals surface area (Å²) in [6.07, 6.45) is -2.89. The van der Waals surface area contributed by atoms with Crippen molar-refractivity contribution in [3.63, 3.8) is 0 Å². The molecule has 0 saturated carbocycles. The lowest BCUT2D eigenvalue weighted by atomic mass is 9.95. The zero-order valence-electron chi connectivity index (χ0n) is 12.2. The number of likely N-dealkylation sites (tertiary alicyclic amines) is 1. The molecule has 1 aromatic carbocycles. The van der Waals surface area contributed by atoms with Gasteiger partial charge in [0.1, 0.15) is 5.56 Å². The average Bonchev–Trinajstić information content (AvgIpc) is 2.93. The van der Waals surface area contributed by atoms with Gasteiger partial charge in [0.2, 0.25) is 5.91 Å². The molecule has 1 atom stereocenters. The summed E-state index contributed by atoms with van der Waals surface area (Å²) in [5.41, 5.74) is -2.09. The van der Waals surface area contributed by atoms with Crippen LogP contribution in [0.1, 0.15) is 17.5 Å². The molecule has 1 heterocycles. The molecule has 1 saturated heterocycles. The van der Waals surface area contributed by atoms with Crippen molar-refractivity contribution in [1.82, 2.24) is 4.90 Å². The summed E-state index contributed by atoms with van der Waals surface area (Å²) in [4.78, 5) is 23.2. The smallest absolute Gasteiger partial charge is 0.339 e. The molecule has 0 unspecified atom stereocenters. The molecule has 1 amide bonds. The lowest BCUT2D eigenvalue weighted by Gasteiger charge is -2.15. The first kappa shape index (κ1) is 17.0. The molecule has 0 radical (unpaired) electrons. The molecule has 5 nitrogen and oxygen atoms in total. The van der Waals surface area contributed by atoms with E-state index in [1.165, 1.54) is 23.1 Å². The van der Waals surface area contributed by atoms with Crippen molar-refractivity contribution >= 4 is 11.6 Å². The number of alkyl halides is 3. The predicted octanol–water partition coefficient (Wildman–Crippen LogP) is 3.19. The van der Waals surface area contributed by atoms with Crippen LogP contribution in [-0.4, -0.2) is 28.8 Å². The number of hydrogen-bond donors (Lipinski definition) is 0. The number of carbonyl (C=O) groups excluding carboxylic acids is 1. The zero-order valence-corrected chi connectivity index (χ0v) is 12.2. The molecule has 1 aliphatic rings. The molecule has 23 heavy (non-hydrogen) atoms. The third-order valence-electron chi connectivity index (χ3n) is 3.89. The minimum Gasteiger partial charge on any atom is -0.339 e. The Morgan fingerprint density at radius 2 is 2.17 bits per heavy atom. The molecule has 1 fully saturated rings. The van der Waals surface area contributed by atoms with Crippen LogP contribution in [0.2, 0.25) is 0 Å². The van der Waals surface area contributed by atoms with E-state index in [9.17, 15) is 28.1 Å². The van der Waals surface area contributed by atoms with E-state index in [0.717, 1.165) is 0 Å². The standard InChI is InChI=1S/C15H15F3N2O3/c1-2-13(21)19-7-6-10(9-19)8-11-4-3-5-12(15(16,17)18)14(11)20(22)23/h2-5,10H,1,6-9H2/t10-/m1/s1. The first-order valence-electron chi connectivity index (χ1n) is 6.99. The number of rotatable bonds is 4. The van der Waals surface area contributed by atoms with Crippen LogP contribution >= 0.6 is 0 Å². The van der Waals surface area contributed by atoms with Gasteiger partial charge >= 0.3 is 6.18 Å². The third-order valence-corrected chi connectivity index (χ3v) is 3.89. The summed E-state index contributed by atoms with van der Waals surface area (Å²) in [7, 11) is 0. The lowest BCUT2D eigenvalue weighted by Crippen LogP contribution is -2.27. The first-order valence-corrected chi connectivity index (χ1v) is 6.99. The number of hydrogen-bond acceptors (Lipinski definition) is 3. The molecule has 124 valence electrons. The van der Waals surface area contributed by atoms with Crippen LogP contribution in [-0.2, 0) is 17.4 Å². The highest BCUT2D eigenvalue weighted by Crippen LogP contribution is 2.39. The molecule has 8 heteroatoms. The van der Waals surface area contributed by atoms with Crippen molar-refractivity contribution in [3.05, 3.63) is 52.1 Å². The van der Waals surface area contributed by atoms with Gasteiger partial charge in [-0.1, -0.05) is 18.7 Å². The Morgan fingerprint density at radius 1 is 1.48 bits per heavy atom. The Labute approximate surface area is 130 Å². The second-order valence-corrected chi connectivity index (χ2v) is 5.42. The van der Waals surface area contributed by atoms with Crippen LogP contribution in [0.4, 0.5) is 18.9 Å². The molecule has 0 bridgehead atoms. The van der Waals surface area contributed by atoms with Crippen molar-refractivity contribution in [1.29, 1.82) is 0 Å². The number of nitro groups is 1. The molecular weight excluding hydrogens is 313 g/mol. The SMILES string of the molecule is C=CC(=O)N1CC[C@H](Cc2cccc(C(F)(F)F)c2[N+](=O)[O-])C1. The van der Waals surface area contributed by atoms with E-state index in [2.05, 4.69) is 6.58 Å². The van der Waals surface area contributed by atoms with E-state index in [0.29, 0.717) is 25.6 Å². The summed E-state index contributed by atoms with van der Waals surface area (Å²) >= 11 is 0. The molecule has 1 aliphatic heterocycles. The van der Waals surface area contributed by atoms with Crippen molar-refractivity contribution < 1.29 is 22.9 Å². The average molecular weight is 328 g/mol. The van der Waals surface area contributed by atoms with Gasteiger partial charge in [0, 0.05) is 18.7 Å². The van der Waals surface area contributed by atoms with Crippen LogP contribution in [0.5, 0.6) is 0 Å². The summed E-state index contributed by atoms with van der Waals surface area (Å²) < 4.78 is 38.8. The summed E-state index contributed by atoms with van der Waals surface area (Å²) in [6.45, 7) is 4.22. The second kappa shape index (κ2) is 6.39. The second-order valence-electron chi connectivity index (χ2n) is 5.42. The molecule has 0 aromatic heterocycles. The predicted molar refractivity (Wildman–Crippen MR) is 76.7 cm³/mol. The molecular formula is C15H15F3N2O3. The van der Waals surface area contributed by atoms with E-state index >= 15 is 0 Å². The summed E-state index contributed by atoms with van der Waals surface area (Å²) in [6, 6.07) is 3.22. The highest BCUT2D eigenvalue weighted by atomic mass is 19.4. The Hall–Kier alpha value is -2.38. The van der Waals surface area contributed by atoms with Gasteiger partial charge in [-0.2, -0.15) is 13.2 Å². The molecule has 0 aliphatic carbocycles. The van der Waals surface area contributed by atoms with Gasteiger partial charge in [-0.25, -0.2) is 0 Å². The number of nitro benzene ring substituents is 1. The van der Waals surface area contributed by atoms with Crippen LogP contribution in [0, 0.1) is 16.0 Å². The summed E-state index contributed by atoms with van der Waals surface area (Å²) in [5, 5.41) is 11.1. The fourth-order valence-corrected chi connectivity index (χ4v) is 2.84. The van der Waals surface area contributed by atoms with Gasteiger partial charge in [-0.05, 0) is 30.9 Å². The van der Waals surface area contributed by atoms with E-state index in [-0.39, 0.29) is 23.8 Å². The van der Waals surface area contributed by atoms with Crippen LogP contribution in [0.15, 0.2) is 30.9 Å². The first-order chi connectivity index (χ1) is 10.7. The minimum atomic E-state index is -4.78. The highest BCUT2D eigenvalue weighted by molar-refractivity contribution is 5.87. The van der Waals surface area contributed by atoms with E-state index in [1.807, 2.05) is 0 Å². The van der Waals surface area contributed by atoms with Gasteiger partial charge in [0.15, 0.2) is 0 Å². The largest absolute Gasteiger partial charge is 0.423 e. The highest BCUT2D eigenvalue weighted by Gasteiger charge is 2.40. The number of benzene rings is 1. The van der Waals surface area contributed by atoms with Crippen molar-refractivity contribution in [2.24, 2.45) is 5.92 Å². The van der Waals surface area contributed by atoms with E-state index in [1.54, 1.807) is 0 Å². The van der Waals surface area contributed by atoms with Crippen LogP contribution in [0.25, 0.3) is 0 Å². The Balaban J connectivity index is 2.26. The monoisotopic (exact) mass is 328 g/mol. The van der Waals surface area contributed by atoms with Crippen molar-refractivity contribution in [3.8, 4) is 0 Å². The molecule has 0 N–H and O–H groups in total. The maximum atomic E-state index is 12.9. The van der Waals surface area contributed by atoms with Crippen LogP contribution in [0.3, 0.4) is 0 Å². The topological polar surface area (TPSA) is 63.5 Å². The van der Waals surface area contributed by atoms with Gasteiger partial charge in [-0.3, -0.25) is 14.9 Å². The number of nitrogens with zero attached hydrogens (tertiary/aromatic N) is 2. The maximum Gasteiger partial charge on any atom is 0.423 e. The number of para-hydroxylation sites is 1. The van der Waals surface area contributed by atoms with E-state index < -0.39 is 22.4 Å². The van der Waals surface area contributed by atoms with Crippen LogP contribution < -0.4 is 0 Å². The van der Waals surface area contributed by atoms with Gasteiger partial charge in [0.25, 0.3) is 5.69 Å². The summed E-state index contributed by atoms with van der Waals surface area (Å²) in [5.74, 6) is -0.355. The minimum absolute atomic E-state index is 0.0442.